The lowest BCUT2D eigenvalue weighted by Gasteiger charge is -2.24. The number of aromatic nitrogens is 6. The summed E-state index contributed by atoms with van der Waals surface area (Å²) in [6.45, 7) is 4.04. The van der Waals surface area contributed by atoms with Gasteiger partial charge in [0.1, 0.15) is 12.1 Å². The highest BCUT2D eigenvalue weighted by Gasteiger charge is 2.39. The second-order valence-electron chi connectivity index (χ2n) is 8.64. The van der Waals surface area contributed by atoms with Crippen LogP contribution >= 0.6 is 0 Å². The average Bonchev–Trinajstić information content (AvgIpc) is 3.63. The summed E-state index contributed by atoms with van der Waals surface area (Å²) in [6, 6.07) is 21.9. The molecule has 0 saturated heterocycles. The summed E-state index contributed by atoms with van der Waals surface area (Å²) in [5.74, 6) is 2.18. The predicted molar refractivity (Wildman–Crippen MR) is 129 cm³/mol. The highest BCUT2D eigenvalue weighted by Crippen LogP contribution is 2.49. The van der Waals surface area contributed by atoms with Crippen molar-refractivity contribution >= 4 is 5.65 Å². The number of furan rings is 1. The number of fused-ring (bicyclic) bond motifs is 4. The van der Waals surface area contributed by atoms with Crippen LogP contribution in [0.5, 0.6) is 11.8 Å². The van der Waals surface area contributed by atoms with Crippen molar-refractivity contribution in [2.24, 2.45) is 0 Å². The van der Waals surface area contributed by atoms with E-state index in [1.807, 2.05) is 66.2 Å². The van der Waals surface area contributed by atoms with Crippen molar-refractivity contribution in [1.29, 1.82) is 0 Å². The first-order valence-electron chi connectivity index (χ1n) is 11.4. The third kappa shape index (κ3) is 3.00. The fourth-order valence-corrected chi connectivity index (χ4v) is 4.77. The summed E-state index contributed by atoms with van der Waals surface area (Å²) in [4.78, 5) is 9.56. The first-order valence-corrected chi connectivity index (χ1v) is 11.4. The van der Waals surface area contributed by atoms with E-state index in [4.69, 9.17) is 24.3 Å². The fourth-order valence-electron chi connectivity index (χ4n) is 4.77. The van der Waals surface area contributed by atoms with E-state index in [-0.39, 0.29) is 5.92 Å². The standard InChI is InChI=1S/C27H20N6O2/c1-16-8-6-9-18(14-16)24-29-25-23-22(20-12-7-13-34-20)21-17(2)30-33(19-10-4-3-5-11-19)27(21)35-26(23)28-15-32(25)31-24/h3-15,22H,1-2H3. The number of benzene rings is 2. The molecule has 35 heavy (non-hydrogen) atoms. The Kier molecular flexibility index (Phi) is 4.17. The van der Waals surface area contributed by atoms with E-state index < -0.39 is 0 Å². The summed E-state index contributed by atoms with van der Waals surface area (Å²) >= 11 is 0. The molecule has 0 bridgehead atoms. The van der Waals surface area contributed by atoms with E-state index in [1.54, 1.807) is 17.1 Å². The quantitative estimate of drug-likeness (QED) is 0.348. The number of ether oxygens (including phenoxy) is 1. The maximum absolute atomic E-state index is 6.42. The lowest BCUT2D eigenvalue weighted by atomic mass is 9.88. The van der Waals surface area contributed by atoms with Crippen LogP contribution in [0.25, 0.3) is 22.7 Å². The van der Waals surface area contributed by atoms with Crippen LogP contribution in [-0.4, -0.2) is 29.4 Å². The minimum absolute atomic E-state index is 0.299. The minimum atomic E-state index is -0.299. The molecule has 8 heteroatoms. The van der Waals surface area contributed by atoms with Gasteiger partial charge in [-0.2, -0.15) is 5.10 Å². The van der Waals surface area contributed by atoms with Crippen molar-refractivity contribution in [3.05, 3.63) is 107 Å². The van der Waals surface area contributed by atoms with E-state index in [1.165, 1.54) is 0 Å². The first-order chi connectivity index (χ1) is 17.2. The van der Waals surface area contributed by atoms with Crippen molar-refractivity contribution in [1.82, 2.24) is 29.4 Å². The van der Waals surface area contributed by atoms with Gasteiger partial charge >= 0.3 is 0 Å². The second kappa shape index (κ2) is 7.39. The highest BCUT2D eigenvalue weighted by molar-refractivity contribution is 5.68. The van der Waals surface area contributed by atoms with Crippen LogP contribution in [0.1, 0.15) is 34.1 Å². The van der Waals surface area contributed by atoms with E-state index in [0.717, 1.165) is 39.4 Å². The van der Waals surface area contributed by atoms with E-state index in [0.29, 0.717) is 23.2 Å². The van der Waals surface area contributed by atoms with Gasteiger partial charge in [0.15, 0.2) is 11.5 Å². The van der Waals surface area contributed by atoms with Gasteiger partial charge in [0.25, 0.3) is 0 Å². The van der Waals surface area contributed by atoms with E-state index in [9.17, 15) is 0 Å². The molecule has 6 aromatic rings. The van der Waals surface area contributed by atoms with Crippen LogP contribution in [0.15, 0.2) is 83.7 Å². The molecule has 1 unspecified atom stereocenters. The molecule has 2 aromatic carbocycles. The van der Waals surface area contributed by atoms with Crippen molar-refractivity contribution in [3.8, 4) is 28.8 Å². The topological polar surface area (TPSA) is 83.3 Å². The third-order valence-electron chi connectivity index (χ3n) is 6.32. The Morgan fingerprint density at radius 2 is 1.77 bits per heavy atom. The van der Waals surface area contributed by atoms with Crippen LogP contribution in [0.4, 0.5) is 0 Å². The molecule has 170 valence electrons. The smallest absolute Gasteiger partial charge is 0.230 e. The summed E-state index contributed by atoms with van der Waals surface area (Å²) in [5, 5.41) is 9.54. The highest BCUT2D eigenvalue weighted by atomic mass is 16.5. The number of nitrogens with zero attached hydrogens (tertiary/aromatic N) is 6. The SMILES string of the molecule is Cc1cccc(-c2nc3c4c(ncn3n2)Oc2c(c(C)nn2-c2ccccc2)C4c2ccco2)c1. The molecule has 1 aliphatic rings. The van der Waals surface area contributed by atoms with Crippen LogP contribution in [-0.2, 0) is 0 Å². The van der Waals surface area contributed by atoms with Crippen LogP contribution in [0.3, 0.4) is 0 Å². The Balaban J connectivity index is 1.48. The Labute approximate surface area is 200 Å². The van der Waals surface area contributed by atoms with E-state index >= 15 is 0 Å². The molecule has 5 heterocycles. The molecule has 0 radical (unpaired) electrons. The first kappa shape index (κ1) is 19.7. The van der Waals surface area contributed by atoms with Crippen molar-refractivity contribution < 1.29 is 9.15 Å². The largest absolute Gasteiger partial charge is 0.468 e. The van der Waals surface area contributed by atoms with Gasteiger partial charge in [0.05, 0.1) is 34.7 Å². The number of hydrogen-bond donors (Lipinski definition) is 0. The lowest BCUT2D eigenvalue weighted by molar-refractivity contribution is 0.392. The number of rotatable bonds is 3. The molecule has 8 nitrogen and oxygen atoms in total. The van der Waals surface area contributed by atoms with Gasteiger partial charge in [-0.3, -0.25) is 0 Å². The Morgan fingerprint density at radius 1 is 0.886 bits per heavy atom. The monoisotopic (exact) mass is 460 g/mol. The molecule has 1 aliphatic heterocycles. The molecular formula is C27H20N6O2. The van der Waals surface area contributed by atoms with E-state index in [2.05, 4.69) is 24.0 Å². The Bertz CT molecular complexity index is 1700. The van der Waals surface area contributed by atoms with Crippen LogP contribution < -0.4 is 4.74 Å². The van der Waals surface area contributed by atoms with Gasteiger partial charge < -0.3 is 9.15 Å². The maximum atomic E-state index is 6.42. The summed E-state index contributed by atoms with van der Waals surface area (Å²) < 4.78 is 15.9. The van der Waals surface area contributed by atoms with Crippen molar-refractivity contribution in [2.75, 3.05) is 0 Å². The summed E-state index contributed by atoms with van der Waals surface area (Å²) in [5.41, 5.74) is 6.24. The maximum Gasteiger partial charge on any atom is 0.230 e. The van der Waals surface area contributed by atoms with Gasteiger partial charge in [-0.15, -0.1) is 5.10 Å². The summed E-state index contributed by atoms with van der Waals surface area (Å²) in [7, 11) is 0. The summed E-state index contributed by atoms with van der Waals surface area (Å²) in [6.07, 6.45) is 3.32. The molecule has 1 atom stereocenters. The molecular weight excluding hydrogens is 440 g/mol. The normalized spacial score (nSPS) is 14.5. The molecule has 7 rings (SSSR count). The Morgan fingerprint density at radius 3 is 2.57 bits per heavy atom. The zero-order valence-corrected chi connectivity index (χ0v) is 19.1. The van der Waals surface area contributed by atoms with Crippen molar-refractivity contribution in [2.45, 2.75) is 19.8 Å². The van der Waals surface area contributed by atoms with Crippen LogP contribution in [0, 0.1) is 13.8 Å². The number of hydrogen-bond acceptors (Lipinski definition) is 6. The third-order valence-corrected chi connectivity index (χ3v) is 6.32. The average molecular weight is 460 g/mol. The predicted octanol–water partition coefficient (Wildman–Crippen LogP) is 5.47. The van der Waals surface area contributed by atoms with Gasteiger partial charge in [0, 0.05) is 5.56 Å². The molecule has 4 aromatic heterocycles. The van der Waals surface area contributed by atoms with Crippen LogP contribution in [0.2, 0.25) is 0 Å². The molecule has 0 N–H and O–H groups in total. The number of para-hydroxylation sites is 1. The second-order valence-corrected chi connectivity index (χ2v) is 8.64. The molecule has 0 fully saturated rings. The number of aryl methyl sites for hydroxylation is 2. The Hall–Kier alpha value is -4.72. The molecule has 0 saturated carbocycles. The zero-order chi connectivity index (χ0) is 23.5. The molecule has 0 aliphatic carbocycles. The lowest BCUT2D eigenvalue weighted by Crippen LogP contribution is -2.15. The van der Waals surface area contributed by atoms with Gasteiger partial charge in [-0.1, -0.05) is 42.0 Å². The fraction of sp³-hybridized carbons (Fsp3) is 0.111. The van der Waals surface area contributed by atoms with Gasteiger partial charge in [-0.05, 0) is 44.2 Å². The molecule has 0 spiro atoms. The van der Waals surface area contributed by atoms with Crippen molar-refractivity contribution in [3.63, 3.8) is 0 Å². The van der Waals surface area contributed by atoms with Gasteiger partial charge in [0.2, 0.25) is 11.8 Å². The zero-order valence-electron chi connectivity index (χ0n) is 19.1. The molecule has 0 amide bonds. The van der Waals surface area contributed by atoms with Gasteiger partial charge in [-0.25, -0.2) is 19.2 Å². The minimum Gasteiger partial charge on any atom is -0.468 e.